The summed E-state index contributed by atoms with van der Waals surface area (Å²) in [7, 11) is 0. The van der Waals surface area contributed by atoms with Crippen molar-refractivity contribution in [1.82, 2.24) is 15.6 Å². The van der Waals surface area contributed by atoms with Crippen LogP contribution in [0.15, 0.2) is 29.6 Å². The molecule has 1 aromatic carbocycles. The van der Waals surface area contributed by atoms with Crippen LogP contribution in [-0.4, -0.2) is 29.4 Å². The number of carbonyl (C=O) groups excluding carboxylic acids is 2. The third-order valence-electron chi connectivity index (χ3n) is 3.47. The lowest BCUT2D eigenvalue weighted by Gasteiger charge is -2.11. The maximum Gasteiger partial charge on any atom is 0.270 e. The van der Waals surface area contributed by atoms with Gasteiger partial charge in [-0.1, -0.05) is 30.7 Å². The fourth-order valence-corrected chi connectivity index (χ4v) is 2.95. The minimum atomic E-state index is -0.282. The molecule has 2 rings (SSSR count). The highest BCUT2D eigenvalue weighted by molar-refractivity contribution is 7.13. The van der Waals surface area contributed by atoms with Crippen LogP contribution in [0.5, 0.6) is 0 Å². The number of halogens is 1. The van der Waals surface area contributed by atoms with Gasteiger partial charge in [0.05, 0.1) is 0 Å². The number of benzene rings is 1. The van der Waals surface area contributed by atoms with E-state index in [1.807, 2.05) is 26.0 Å². The van der Waals surface area contributed by atoms with E-state index in [0.717, 1.165) is 17.0 Å². The van der Waals surface area contributed by atoms with Crippen LogP contribution in [0.25, 0.3) is 10.6 Å². The SMILES string of the molecule is CCC(C)NC(=O)CCNC(=O)c1csc(-c2cccc(Cl)c2)n1. The number of hydrogen-bond donors (Lipinski definition) is 2. The molecule has 0 fully saturated rings. The number of carbonyl (C=O) groups is 2. The molecule has 2 amide bonds. The molecule has 0 aliphatic rings. The molecule has 2 aromatic rings. The molecule has 1 aromatic heterocycles. The number of nitrogens with one attached hydrogen (secondary N) is 2. The molecule has 1 unspecified atom stereocenters. The Balaban J connectivity index is 1.86. The molecule has 0 spiro atoms. The highest BCUT2D eigenvalue weighted by Crippen LogP contribution is 2.25. The van der Waals surface area contributed by atoms with E-state index in [2.05, 4.69) is 15.6 Å². The van der Waals surface area contributed by atoms with Gasteiger partial charge in [-0.2, -0.15) is 0 Å². The number of aromatic nitrogens is 1. The molecule has 1 atom stereocenters. The molecule has 128 valence electrons. The first kappa shape index (κ1) is 18.4. The number of thiazole rings is 1. The lowest BCUT2D eigenvalue weighted by Crippen LogP contribution is -2.35. The van der Waals surface area contributed by atoms with Gasteiger partial charge in [0.2, 0.25) is 5.91 Å². The summed E-state index contributed by atoms with van der Waals surface area (Å²) >= 11 is 7.35. The first-order valence-electron chi connectivity index (χ1n) is 7.78. The molecular weight excluding hydrogens is 346 g/mol. The van der Waals surface area contributed by atoms with Crippen LogP contribution >= 0.6 is 22.9 Å². The van der Waals surface area contributed by atoms with E-state index >= 15 is 0 Å². The van der Waals surface area contributed by atoms with Gasteiger partial charge in [-0.05, 0) is 25.5 Å². The van der Waals surface area contributed by atoms with Gasteiger partial charge in [-0.25, -0.2) is 4.98 Å². The van der Waals surface area contributed by atoms with Gasteiger partial charge in [0.1, 0.15) is 10.7 Å². The molecule has 0 saturated heterocycles. The lowest BCUT2D eigenvalue weighted by molar-refractivity contribution is -0.121. The minimum Gasteiger partial charge on any atom is -0.354 e. The Bertz CT molecular complexity index is 717. The lowest BCUT2D eigenvalue weighted by atomic mass is 10.2. The van der Waals surface area contributed by atoms with Crippen LogP contribution in [-0.2, 0) is 4.79 Å². The Kier molecular flexibility index (Phi) is 6.75. The zero-order chi connectivity index (χ0) is 17.5. The standard InChI is InChI=1S/C17H20ClN3O2S/c1-3-11(2)20-15(22)7-8-19-16(23)14-10-24-17(21-14)12-5-4-6-13(18)9-12/h4-6,9-11H,3,7-8H2,1-2H3,(H,19,23)(H,20,22). The van der Waals surface area contributed by atoms with E-state index in [1.54, 1.807) is 17.5 Å². The molecule has 2 N–H and O–H groups in total. The molecule has 0 aliphatic heterocycles. The molecular formula is C17H20ClN3O2S. The molecule has 0 aliphatic carbocycles. The van der Waals surface area contributed by atoms with Crippen LogP contribution < -0.4 is 10.6 Å². The van der Waals surface area contributed by atoms with Crippen molar-refractivity contribution in [3.63, 3.8) is 0 Å². The van der Waals surface area contributed by atoms with Gasteiger partial charge >= 0.3 is 0 Å². The fraction of sp³-hybridized carbons (Fsp3) is 0.353. The maximum absolute atomic E-state index is 12.1. The van der Waals surface area contributed by atoms with Crippen LogP contribution in [0.3, 0.4) is 0 Å². The Morgan fingerprint density at radius 1 is 1.38 bits per heavy atom. The third-order valence-corrected chi connectivity index (χ3v) is 4.59. The number of amides is 2. The molecule has 0 radical (unpaired) electrons. The van der Waals surface area contributed by atoms with Crippen molar-refractivity contribution in [3.8, 4) is 10.6 Å². The monoisotopic (exact) mass is 365 g/mol. The molecule has 1 heterocycles. The van der Waals surface area contributed by atoms with E-state index in [9.17, 15) is 9.59 Å². The van der Waals surface area contributed by atoms with Crippen molar-refractivity contribution in [3.05, 3.63) is 40.4 Å². The van der Waals surface area contributed by atoms with Gasteiger partial charge < -0.3 is 10.6 Å². The van der Waals surface area contributed by atoms with E-state index in [4.69, 9.17) is 11.6 Å². The molecule has 0 bridgehead atoms. The van der Waals surface area contributed by atoms with Crippen molar-refractivity contribution >= 4 is 34.8 Å². The zero-order valence-electron chi connectivity index (χ0n) is 13.6. The van der Waals surface area contributed by atoms with Crippen molar-refractivity contribution in [2.24, 2.45) is 0 Å². The van der Waals surface area contributed by atoms with E-state index in [-0.39, 0.29) is 30.8 Å². The van der Waals surface area contributed by atoms with E-state index < -0.39 is 0 Å². The van der Waals surface area contributed by atoms with Gasteiger partial charge in [0.15, 0.2) is 0 Å². The quantitative estimate of drug-likeness (QED) is 0.788. The van der Waals surface area contributed by atoms with Gasteiger partial charge in [0, 0.05) is 35.0 Å². The fourth-order valence-electron chi connectivity index (χ4n) is 1.96. The van der Waals surface area contributed by atoms with Crippen molar-refractivity contribution in [2.45, 2.75) is 32.7 Å². The molecule has 24 heavy (non-hydrogen) atoms. The van der Waals surface area contributed by atoms with Crippen LogP contribution in [0.2, 0.25) is 5.02 Å². The van der Waals surface area contributed by atoms with Gasteiger partial charge in [-0.3, -0.25) is 9.59 Å². The summed E-state index contributed by atoms with van der Waals surface area (Å²) in [6.07, 6.45) is 1.13. The maximum atomic E-state index is 12.1. The Morgan fingerprint density at radius 2 is 2.17 bits per heavy atom. The number of rotatable bonds is 7. The number of hydrogen-bond acceptors (Lipinski definition) is 4. The summed E-state index contributed by atoms with van der Waals surface area (Å²) < 4.78 is 0. The van der Waals surface area contributed by atoms with Crippen molar-refractivity contribution in [2.75, 3.05) is 6.54 Å². The zero-order valence-corrected chi connectivity index (χ0v) is 15.2. The minimum absolute atomic E-state index is 0.0671. The topological polar surface area (TPSA) is 71.1 Å². The van der Waals surface area contributed by atoms with E-state index in [0.29, 0.717) is 10.7 Å². The van der Waals surface area contributed by atoms with Crippen LogP contribution in [0, 0.1) is 0 Å². The predicted molar refractivity (Wildman–Crippen MR) is 97.4 cm³/mol. The second-order valence-corrected chi connectivity index (χ2v) is 6.73. The first-order chi connectivity index (χ1) is 11.5. The predicted octanol–water partition coefficient (Wildman–Crippen LogP) is 3.50. The smallest absolute Gasteiger partial charge is 0.270 e. The van der Waals surface area contributed by atoms with Crippen LogP contribution in [0.4, 0.5) is 0 Å². The second-order valence-electron chi connectivity index (χ2n) is 5.43. The summed E-state index contributed by atoms with van der Waals surface area (Å²) in [4.78, 5) is 28.1. The van der Waals surface area contributed by atoms with Gasteiger partial charge in [0.25, 0.3) is 5.91 Å². The summed E-state index contributed by atoms with van der Waals surface area (Å²) in [5.74, 6) is -0.349. The molecule has 7 heteroatoms. The Labute approximate surface area is 150 Å². The Hall–Kier alpha value is -1.92. The molecule has 5 nitrogen and oxygen atoms in total. The summed E-state index contributed by atoms with van der Waals surface area (Å²) in [6.45, 7) is 4.24. The average molecular weight is 366 g/mol. The normalized spacial score (nSPS) is 11.8. The van der Waals surface area contributed by atoms with E-state index in [1.165, 1.54) is 11.3 Å². The van der Waals surface area contributed by atoms with Crippen molar-refractivity contribution < 1.29 is 9.59 Å². The Morgan fingerprint density at radius 3 is 2.88 bits per heavy atom. The van der Waals surface area contributed by atoms with Gasteiger partial charge in [-0.15, -0.1) is 11.3 Å². The highest BCUT2D eigenvalue weighted by atomic mass is 35.5. The summed E-state index contributed by atoms with van der Waals surface area (Å²) in [6, 6.07) is 7.48. The van der Waals surface area contributed by atoms with Crippen LogP contribution in [0.1, 0.15) is 37.2 Å². The highest BCUT2D eigenvalue weighted by Gasteiger charge is 2.12. The summed E-state index contributed by atoms with van der Waals surface area (Å²) in [5, 5.41) is 8.63. The summed E-state index contributed by atoms with van der Waals surface area (Å²) in [5.41, 5.74) is 1.22. The van der Waals surface area contributed by atoms with Crippen molar-refractivity contribution in [1.29, 1.82) is 0 Å². The third kappa shape index (κ3) is 5.32. The number of nitrogens with zero attached hydrogens (tertiary/aromatic N) is 1. The first-order valence-corrected chi connectivity index (χ1v) is 9.04. The molecule has 0 saturated carbocycles. The second kappa shape index (κ2) is 8.80. The average Bonchev–Trinajstić information content (AvgIpc) is 3.04. The largest absolute Gasteiger partial charge is 0.354 e.